The molecule has 1 amide bonds. The van der Waals surface area contributed by atoms with Gasteiger partial charge in [0.25, 0.3) is 0 Å². The van der Waals surface area contributed by atoms with E-state index >= 15 is 0 Å². The van der Waals surface area contributed by atoms with E-state index in [0.717, 1.165) is 18.4 Å². The molecule has 1 N–H and O–H groups in total. The van der Waals surface area contributed by atoms with Gasteiger partial charge in [0.1, 0.15) is 0 Å². The lowest BCUT2D eigenvalue weighted by atomic mass is 10.2. The molecule has 0 spiro atoms. The minimum atomic E-state index is -0.329. The van der Waals surface area contributed by atoms with Crippen molar-refractivity contribution in [2.24, 2.45) is 0 Å². The summed E-state index contributed by atoms with van der Waals surface area (Å²) >= 11 is 1.45. The van der Waals surface area contributed by atoms with Crippen LogP contribution in [0.2, 0.25) is 0 Å². The molecule has 1 aromatic rings. The minimum absolute atomic E-state index is 0.122. The number of unbranched alkanes of at least 4 members (excludes halogenated alkanes) is 1. The van der Waals surface area contributed by atoms with Gasteiger partial charge in [0.15, 0.2) is 0 Å². The van der Waals surface area contributed by atoms with E-state index in [0.29, 0.717) is 13.2 Å². The number of thioether (sulfide) groups is 1. The Morgan fingerprint density at radius 1 is 1.18 bits per heavy atom. The van der Waals surface area contributed by atoms with Crippen molar-refractivity contribution < 1.29 is 14.3 Å². The molecule has 0 aromatic heterocycles. The maximum atomic E-state index is 11.6. The van der Waals surface area contributed by atoms with Crippen molar-refractivity contribution in [3.05, 3.63) is 53.5 Å². The molecule has 4 nitrogen and oxygen atoms in total. The van der Waals surface area contributed by atoms with Crippen LogP contribution in [-0.4, -0.2) is 31.3 Å². The van der Waals surface area contributed by atoms with Gasteiger partial charge in [-0.1, -0.05) is 30.3 Å². The van der Waals surface area contributed by atoms with Crippen molar-refractivity contribution >= 4 is 29.7 Å². The molecule has 0 saturated carbocycles. The zero-order valence-corrected chi connectivity index (χ0v) is 13.5. The zero-order chi connectivity index (χ0) is 16.0. The van der Waals surface area contributed by atoms with Gasteiger partial charge >= 0.3 is 5.97 Å². The zero-order valence-electron chi connectivity index (χ0n) is 12.7. The normalized spacial score (nSPS) is 11.0. The van der Waals surface area contributed by atoms with Crippen molar-refractivity contribution in [3.8, 4) is 0 Å². The highest BCUT2D eigenvalue weighted by Crippen LogP contribution is 2.00. The van der Waals surface area contributed by atoms with E-state index in [4.69, 9.17) is 4.74 Å². The van der Waals surface area contributed by atoms with Gasteiger partial charge in [0.05, 0.1) is 6.61 Å². The third-order valence-electron chi connectivity index (χ3n) is 2.68. The number of hydrogen-bond acceptors (Lipinski definition) is 4. The maximum Gasteiger partial charge on any atom is 0.331 e. The van der Waals surface area contributed by atoms with E-state index in [1.807, 2.05) is 36.6 Å². The molecular weight excluding hydrogens is 298 g/mol. The Labute approximate surface area is 135 Å². The fourth-order valence-corrected chi connectivity index (χ4v) is 1.83. The highest BCUT2D eigenvalue weighted by Gasteiger charge is 1.98. The highest BCUT2D eigenvalue weighted by atomic mass is 32.2. The quantitative estimate of drug-likeness (QED) is 0.432. The summed E-state index contributed by atoms with van der Waals surface area (Å²) in [6.45, 7) is 0.934. The summed E-state index contributed by atoms with van der Waals surface area (Å²) in [5.74, 6) is -0.451. The molecule has 0 heterocycles. The van der Waals surface area contributed by atoms with Crippen LogP contribution in [0.15, 0.2) is 47.9 Å². The number of nitrogens with one attached hydrogen (secondary N) is 1. The Kier molecular flexibility index (Phi) is 9.54. The van der Waals surface area contributed by atoms with Crippen LogP contribution in [0.4, 0.5) is 0 Å². The summed E-state index contributed by atoms with van der Waals surface area (Å²) in [7, 11) is 0. The van der Waals surface area contributed by atoms with Crippen LogP contribution in [0, 0.1) is 0 Å². The van der Waals surface area contributed by atoms with Gasteiger partial charge < -0.3 is 10.1 Å². The Morgan fingerprint density at radius 2 is 1.95 bits per heavy atom. The second kappa shape index (κ2) is 11.6. The van der Waals surface area contributed by atoms with Crippen LogP contribution < -0.4 is 5.32 Å². The molecular formula is C17H21NO3S. The first-order chi connectivity index (χ1) is 10.7. The Morgan fingerprint density at radius 3 is 2.68 bits per heavy atom. The van der Waals surface area contributed by atoms with Gasteiger partial charge in [0, 0.05) is 18.7 Å². The number of rotatable bonds is 9. The predicted octanol–water partition coefficient (Wildman–Crippen LogP) is 3.02. The lowest BCUT2D eigenvalue weighted by molar-refractivity contribution is -0.137. The molecule has 5 heteroatoms. The van der Waals surface area contributed by atoms with Gasteiger partial charge in [-0.15, -0.1) is 11.8 Å². The van der Waals surface area contributed by atoms with Crippen molar-refractivity contribution in [2.75, 3.05) is 19.4 Å². The van der Waals surface area contributed by atoms with Crippen molar-refractivity contribution in [1.29, 1.82) is 0 Å². The largest absolute Gasteiger partial charge is 0.463 e. The van der Waals surface area contributed by atoms with E-state index in [1.165, 1.54) is 23.9 Å². The van der Waals surface area contributed by atoms with Crippen LogP contribution in [0.5, 0.6) is 0 Å². The molecule has 1 rings (SSSR count). The first-order valence-corrected chi connectivity index (χ1v) is 8.38. The molecule has 0 fully saturated rings. The molecule has 0 saturated heterocycles. The molecule has 0 bridgehead atoms. The number of amides is 1. The standard InChI is InChI=1S/C17H21NO3S/c1-22-14-11-17(20)21-13-6-5-12-18-16(19)10-9-15-7-3-2-4-8-15/h2-4,7-11,14H,5-6,12-13H2,1H3,(H,18,19). The van der Waals surface area contributed by atoms with Gasteiger partial charge in [-0.05, 0) is 36.1 Å². The highest BCUT2D eigenvalue weighted by molar-refractivity contribution is 8.01. The smallest absolute Gasteiger partial charge is 0.331 e. The molecule has 0 atom stereocenters. The van der Waals surface area contributed by atoms with Crippen molar-refractivity contribution in [3.63, 3.8) is 0 Å². The predicted molar refractivity (Wildman–Crippen MR) is 91.3 cm³/mol. The SMILES string of the molecule is CSC=CC(=O)OCCCCNC(=O)C=Cc1ccccc1. The van der Waals surface area contributed by atoms with Crippen LogP contribution in [0.3, 0.4) is 0 Å². The van der Waals surface area contributed by atoms with Crippen LogP contribution in [0.25, 0.3) is 6.08 Å². The molecule has 0 aliphatic heterocycles. The maximum absolute atomic E-state index is 11.6. The van der Waals surface area contributed by atoms with Crippen molar-refractivity contribution in [1.82, 2.24) is 5.32 Å². The first kappa shape index (κ1) is 18.0. The summed E-state index contributed by atoms with van der Waals surface area (Å²) in [5, 5.41) is 4.47. The summed E-state index contributed by atoms with van der Waals surface area (Å²) in [6.07, 6.45) is 8.06. The molecule has 0 aliphatic rings. The van der Waals surface area contributed by atoms with Gasteiger partial charge in [0.2, 0.25) is 5.91 Å². The molecule has 22 heavy (non-hydrogen) atoms. The third kappa shape index (κ3) is 9.02. The fraction of sp³-hybridized carbons (Fsp3) is 0.294. The topological polar surface area (TPSA) is 55.4 Å². The number of carbonyl (C=O) groups excluding carboxylic acids is 2. The lowest BCUT2D eigenvalue weighted by Crippen LogP contribution is -2.22. The first-order valence-electron chi connectivity index (χ1n) is 7.09. The lowest BCUT2D eigenvalue weighted by Gasteiger charge is -2.03. The van der Waals surface area contributed by atoms with E-state index in [2.05, 4.69) is 5.32 Å². The minimum Gasteiger partial charge on any atom is -0.463 e. The van der Waals surface area contributed by atoms with E-state index in [1.54, 1.807) is 11.5 Å². The molecule has 118 valence electrons. The number of ether oxygens (including phenoxy) is 1. The van der Waals surface area contributed by atoms with Gasteiger partial charge in [-0.3, -0.25) is 4.79 Å². The molecule has 1 aromatic carbocycles. The van der Waals surface area contributed by atoms with Gasteiger partial charge in [-0.2, -0.15) is 0 Å². The summed E-state index contributed by atoms with van der Waals surface area (Å²) in [6, 6.07) is 9.65. The Bertz CT molecular complexity index is 512. The van der Waals surface area contributed by atoms with E-state index < -0.39 is 0 Å². The number of hydrogen-bond donors (Lipinski definition) is 1. The summed E-state index contributed by atoms with van der Waals surface area (Å²) in [5.41, 5.74) is 0.989. The monoisotopic (exact) mass is 319 g/mol. The number of carbonyl (C=O) groups is 2. The van der Waals surface area contributed by atoms with Crippen LogP contribution in [-0.2, 0) is 14.3 Å². The number of benzene rings is 1. The molecule has 0 aliphatic carbocycles. The summed E-state index contributed by atoms with van der Waals surface area (Å²) in [4.78, 5) is 22.7. The average molecular weight is 319 g/mol. The Hall–Kier alpha value is -2.01. The molecule has 0 radical (unpaired) electrons. The Balaban J connectivity index is 2.07. The summed E-state index contributed by atoms with van der Waals surface area (Å²) < 4.78 is 4.99. The van der Waals surface area contributed by atoms with Gasteiger partial charge in [-0.25, -0.2) is 4.79 Å². The van der Waals surface area contributed by atoms with E-state index in [9.17, 15) is 9.59 Å². The van der Waals surface area contributed by atoms with Crippen molar-refractivity contribution in [2.45, 2.75) is 12.8 Å². The third-order valence-corrected chi connectivity index (χ3v) is 3.09. The second-order valence-corrected chi connectivity index (χ2v) is 5.19. The van der Waals surface area contributed by atoms with E-state index in [-0.39, 0.29) is 11.9 Å². The van der Waals surface area contributed by atoms with Crippen LogP contribution >= 0.6 is 11.8 Å². The molecule has 0 unspecified atom stereocenters. The average Bonchev–Trinajstić information content (AvgIpc) is 2.55. The van der Waals surface area contributed by atoms with Crippen LogP contribution in [0.1, 0.15) is 18.4 Å². The number of esters is 1. The fourth-order valence-electron chi connectivity index (χ4n) is 1.58. The second-order valence-electron chi connectivity index (χ2n) is 4.45.